The number of hydrogen-bond donors (Lipinski definition) is 1. The van der Waals surface area contributed by atoms with Gasteiger partial charge >= 0.3 is 0 Å². The van der Waals surface area contributed by atoms with Gasteiger partial charge in [0, 0.05) is 35.1 Å². The fraction of sp³-hybridized carbons (Fsp3) is 0.320. The molecule has 6 nitrogen and oxygen atoms in total. The summed E-state index contributed by atoms with van der Waals surface area (Å²) in [5.74, 6) is 0.104. The highest BCUT2D eigenvalue weighted by atomic mass is 32.2. The largest absolute Gasteiger partial charge is 0.331 e. The lowest BCUT2D eigenvalue weighted by atomic mass is 10.1. The molecular weight excluding hydrogens is 450 g/mol. The van der Waals surface area contributed by atoms with Crippen LogP contribution >= 0.6 is 23.3 Å². The zero-order chi connectivity index (χ0) is 23.2. The van der Waals surface area contributed by atoms with E-state index >= 15 is 0 Å². The van der Waals surface area contributed by atoms with E-state index in [-0.39, 0.29) is 11.9 Å². The molecule has 1 amide bonds. The maximum Gasteiger partial charge on any atom is 0.244 e. The molecule has 5 rings (SSSR count). The van der Waals surface area contributed by atoms with E-state index in [1.165, 1.54) is 4.70 Å². The smallest absolute Gasteiger partial charge is 0.244 e. The summed E-state index contributed by atoms with van der Waals surface area (Å²) in [5.41, 5.74) is 5.98. The predicted molar refractivity (Wildman–Crippen MR) is 136 cm³/mol. The fourth-order valence-corrected chi connectivity index (χ4v) is 5.42. The molecule has 3 heterocycles. The van der Waals surface area contributed by atoms with Gasteiger partial charge in [0.25, 0.3) is 0 Å². The molecule has 0 bridgehead atoms. The number of carbonyl (C=O) groups is 1. The van der Waals surface area contributed by atoms with Crippen molar-refractivity contribution in [1.29, 1.82) is 0 Å². The molecular formula is C25H29N5OS2. The molecule has 2 aromatic carbocycles. The lowest BCUT2D eigenvalue weighted by Crippen LogP contribution is -2.38. The molecule has 1 aliphatic rings. The van der Waals surface area contributed by atoms with Gasteiger partial charge < -0.3 is 10.2 Å². The Morgan fingerprint density at radius 3 is 2.76 bits per heavy atom. The maximum absolute atomic E-state index is 13.3. The van der Waals surface area contributed by atoms with Crippen LogP contribution in [-0.2, 0) is 17.9 Å². The second-order valence-electron chi connectivity index (χ2n) is 7.57. The van der Waals surface area contributed by atoms with E-state index in [4.69, 9.17) is 5.10 Å². The number of nitrogens with one attached hydrogen (secondary N) is 1. The summed E-state index contributed by atoms with van der Waals surface area (Å²) < 4.78 is 3.08. The Bertz CT molecular complexity index is 1180. The number of nitrogens with zero attached hydrogens (tertiary/aromatic N) is 4. The number of amides is 1. The number of fused-ring (bicyclic) bond motifs is 2. The van der Waals surface area contributed by atoms with Gasteiger partial charge in [-0.1, -0.05) is 51.1 Å². The Morgan fingerprint density at radius 2 is 2.00 bits per heavy atom. The molecule has 8 heteroatoms. The van der Waals surface area contributed by atoms with E-state index in [1.54, 1.807) is 23.3 Å². The first-order valence-electron chi connectivity index (χ1n) is 11.4. The SMILES string of the molecule is CC.CCCNC(C(=O)N1Cc2cn(Sc3ccc4ncsc4c3)nc2C1)c1ccccc1. The van der Waals surface area contributed by atoms with Crippen molar-refractivity contribution in [2.45, 2.75) is 51.2 Å². The molecule has 1 atom stereocenters. The van der Waals surface area contributed by atoms with Crippen LogP contribution in [0.3, 0.4) is 0 Å². The zero-order valence-corrected chi connectivity index (χ0v) is 20.8. The molecule has 1 aliphatic heterocycles. The highest BCUT2D eigenvalue weighted by Gasteiger charge is 2.31. The third kappa shape index (κ3) is 5.29. The first kappa shape index (κ1) is 23.5. The lowest BCUT2D eigenvalue weighted by Gasteiger charge is -2.24. The highest BCUT2D eigenvalue weighted by Crippen LogP contribution is 2.30. The van der Waals surface area contributed by atoms with Crippen LogP contribution in [0.1, 0.15) is 50.1 Å². The van der Waals surface area contributed by atoms with Crippen LogP contribution in [0.5, 0.6) is 0 Å². The average Bonchev–Trinajstić information content (AvgIpc) is 3.56. The van der Waals surface area contributed by atoms with E-state index in [0.717, 1.165) is 40.2 Å². The summed E-state index contributed by atoms with van der Waals surface area (Å²) in [4.78, 5) is 20.7. The van der Waals surface area contributed by atoms with E-state index in [2.05, 4.69) is 29.4 Å². The maximum atomic E-state index is 13.3. The molecule has 0 fully saturated rings. The van der Waals surface area contributed by atoms with E-state index in [0.29, 0.717) is 13.1 Å². The number of thiazole rings is 1. The van der Waals surface area contributed by atoms with Crippen molar-refractivity contribution >= 4 is 39.4 Å². The van der Waals surface area contributed by atoms with Crippen LogP contribution < -0.4 is 5.32 Å². The monoisotopic (exact) mass is 479 g/mol. The number of aromatic nitrogens is 3. The molecule has 0 aliphatic carbocycles. The third-order valence-corrected chi connectivity index (χ3v) is 6.98. The lowest BCUT2D eigenvalue weighted by molar-refractivity contribution is -0.134. The molecule has 0 saturated carbocycles. The molecule has 2 aromatic heterocycles. The van der Waals surface area contributed by atoms with Gasteiger partial charge in [0.2, 0.25) is 5.91 Å². The summed E-state index contributed by atoms with van der Waals surface area (Å²) >= 11 is 3.22. The standard InChI is InChI=1S/C23H23N5OS2.C2H6/c1-2-10-24-22(16-6-4-3-5-7-16)23(29)27-12-17-13-28(26-20(17)14-27)31-18-8-9-19-21(11-18)30-15-25-19;1-2/h3-9,11,13,15,22,24H,2,10,12,14H2,1H3;1-2H3. The summed E-state index contributed by atoms with van der Waals surface area (Å²) in [7, 11) is 0. The molecule has 4 aromatic rings. The summed E-state index contributed by atoms with van der Waals surface area (Å²) in [6.45, 7) is 8.06. The number of rotatable bonds is 7. The topological polar surface area (TPSA) is 63.1 Å². The predicted octanol–water partition coefficient (Wildman–Crippen LogP) is 5.66. The van der Waals surface area contributed by atoms with Crippen LogP contribution in [0.15, 0.2) is 65.1 Å². The van der Waals surface area contributed by atoms with Gasteiger partial charge in [0.15, 0.2) is 0 Å². The number of hydrogen-bond acceptors (Lipinski definition) is 6. The van der Waals surface area contributed by atoms with Crippen molar-refractivity contribution in [2.24, 2.45) is 0 Å². The first-order chi connectivity index (χ1) is 16.2. The van der Waals surface area contributed by atoms with E-state index in [1.807, 2.05) is 70.9 Å². The summed E-state index contributed by atoms with van der Waals surface area (Å²) in [6, 6.07) is 15.9. The Morgan fingerprint density at radius 1 is 1.18 bits per heavy atom. The molecule has 33 heavy (non-hydrogen) atoms. The second kappa shape index (κ2) is 11.0. The van der Waals surface area contributed by atoms with Crippen molar-refractivity contribution in [3.63, 3.8) is 0 Å². The van der Waals surface area contributed by atoms with Gasteiger partial charge in [-0.25, -0.2) is 9.07 Å². The van der Waals surface area contributed by atoms with Gasteiger partial charge in [-0.3, -0.25) is 4.79 Å². The summed E-state index contributed by atoms with van der Waals surface area (Å²) in [6.07, 6.45) is 3.02. The number of carbonyl (C=O) groups excluding carboxylic acids is 1. The normalized spacial score (nSPS) is 13.5. The minimum absolute atomic E-state index is 0.104. The Kier molecular flexibility index (Phi) is 7.80. The minimum Gasteiger partial charge on any atom is -0.331 e. The van der Waals surface area contributed by atoms with Gasteiger partial charge in [0.1, 0.15) is 6.04 Å². The average molecular weight is 480 g/mol. The van der Waals surface area contributed by atoms with Crippen LogP contribution in [0.25, 0.3) is 10.2 Å². The van der Waals surface area contributed by atoms with Crippen LogP contribution in [0.4, 0.5) is 0 Å². The molecule has 1 unspecified atom stereocenters. The third-order valence-electron chi connectivity index (χ3n) is 5.35. The van der Waals surface area contributed by atoms with Crippen molar-refractivity contribution < 1.29 is 4.79 Å². The first-order valence-corrected chi connectivity index (χ1v) is 13.0. The zero-order valence-electron chi connectivity index (χ0n) is 19.2. The molecule has 1 N–H and O–H groups in total. The van der Waals surface area contributed by atoms with Gasteiger partial charge in [-0.05, 0) is 36.7 Å². The van der Waals surface area contributed by atoms with Crippen molar-refractivity contribution in [3.8, 4) is 0 Å². The fourth-order valence-electron chi connectivity index (χ4n) is 3.79. The van der Waals surface area contributed by atoms with Crippen molar-refractivity contribution in [3.05, 3.63) is 77.1 Å². The minimum atomic E-state index is -0.321. The van der Waals surface area contributed by atoms with Gasteiger partial charge in [-0.2, -0.15) is 5.10 Å². The van der Waals surface area contributed by atoms with Crippen molar-refractivity contribution in [2.75, 3.05) is 6.54 Å². The highest BCUT2D eigenvalue weighted by molar-refractivity contribution is 7.97. The van der Waals surface area contributed by atoms with Crippen LogP contribution in [0.2, 0.25) is 0 Å². The molecule has 0 spiro atoms. The quantitative estimate of drug-likeness (QED) is 0.371. The van der Waals surface area contributed by atoms with E-state index < -0.39 is 0 Å². The molecule has 0 radical (unpaired) electrons. The molecule has 0 saturated heterocycles. The van der Waals surface area contributed by atoms with Gasteiger partial charge in [0.05, 0.1) is 28.0 Å². The van der Waals surface area contributed by atoms with Crippen LogP contribution in [0, 0.1) is 0 Å². The van der Waals surface area contributed by atoms with E-state index in [9.17, 15) is 4.79 Å². The Balaban J connectivity index is 0.00000126. The molecule has 172 valence electrons. The number of benzene rings is 2. The second-order valence-corrected chi connectivity index (χ2v) is 9.48. The Labute approximate surface area is 203 Å². The van der Waals surface area contributed by atoms with Crippen LogP contribution in [-0.4, -0.2) is 31.5 Å². The van der Waals surface area contributed by atoms with Gasteiger partial charge in [-0.15, -0.1) is 11.3 Å². The summed E-state index contributed by atoms with van der Waals surface area (Å²) in [5, 5.41) is 8.15. The Hall–Kier alpha value is -2.68. The van der Waals surface area contributed by atoms with Crippen molar-refractivity contribution in [1.82, 2.24) is 24.4 Å².